The number of nitrogen functional groups attached to an aromatic ring is 1. The van der Waals surface area contributed by atoms with Gasteiger partial charge in [-0.15, -0.1) is 0 Å². The van der Waals surface area contributed by atoms with E-state index >= 15 is 0 Å². The average molecular weight is 262 g/mol. The summed E-state index contributed by atoms with van der Waals surface area (Å²) in [4.78, 5) is 4.16. The Morgan fingerprint density at radius 2 is 1.79 bits per heavy atom. The minimum atomic E-state index is -0.458. The van der Waals surface area contributed by atoms with E-state index in [-0.39, 0.29) is 0 Å². The number of anilines is 1. The second-order valence-corrected chi connectivity index (χ2v) is 6.35. The molecule has 3 heteroatoms. The molecule has 0 amide bonds. The minimum absolute atomic E-state index is 0.334. The molecular formula is C16H26N2O. The van der Waals surface area contributed by atoms with E-state index in [0.29, 0.717) is 11.7 Å². The SMILES string of the molecule is Cc1cnc(N)c(C(O)C2CCC(C(C)C)CC2)c1. The average Bonchev–Trinajstić information content (AvgIpc) is 2.41. The highest BCUT2D eigenvalue weighted by molar-refractivity contribution is 5.42. The Bertz CT molecular complexity index is 423. The molecule has 1 saturated carbocycles. The number of aliphatic hydroxyl groups is 1. The third kappa shape index (κ3) is 3.27. The van der Waals surface area contributed by atoms with Crippen LogP contribution < -0.4 is 5.73 Å². The van der Waals surface area contributed by atoms with Crippen LogP contribution in [0.1, 0.15) is 56.8 Å². The van der Waals surface area contributed by atoms with Crippen molar-refractivity contribution in [3.05, 3.63) is 23.4 Å². The Morgan fingerprint density at radius 3 is 2.37 bits per heavy atom. The lowest BCUT2D eigenvalue weighted by Crippen LogP contribution is -2.23. The second-order valence-electron chi connectivity index (χ2n) is 6.35. The van der Waals surface area contributed by atoms with Gasteiger partial charge in [0.2, 0.25) is 0 Å². The summed E-state index contributed by atoms with van der Waals surface area (Å²) in [6, 6.07) is 1.97. The smallest absolute Gasteiger partial charge is 0.129 e. The molecule has 1 aromatic rings. The predicted molar refractivity (Wildman–Crippen MR) is 78.6 cm³/mol. The quantitative estimate of drug-likeness (QED) is 0.877. The summed E-state index contributed by atoms with van der Waals surface area (Å²) >= 11 is 0. The van der Waals surface area contributed by atoms with Crippen molar-refractivity contribution in [3.8, 4) is 0 Å². The third-order valence-electron chi connectivity index (χ3n) is 4.61. The molecule has 0 spiro atoms. The minimum Gasteiger partial charge on any atom is -0.388 e. The van der Waals surface area contributed by atoms with Gasteiger partial charge in [0.25, 0.3) is 0 Å². The van der Waals surface area contributed by atoms with Crippen LogP contribution in [0.2, 0.25) is 0 Å². The highest BCUT2D eigenvalue weighted by Crippen LogP contribution is 2.40. The van der Waals surface area contributed by atoms with Gasteiger partial charge in [0.05, 0.1) is 6.10 Å². The van der Waals surface area contributed by atoms with Crippen molar-refractivity contribution in [1.29, 1.82) is 0 Å². The number of aryl methyl sites for hydroxylation is 1. The van der Waals surface area contributed by atoms with Gasteiger partial charge in [0.1, 0.15) is 5.82 Å². The lowest BCUT2D eigenvalue weighted by Gasteiger charge is -2.33. The lowest BCUT2D eigenvalue weighted by atomic mass is 9.74. The van der Waals surface area contributed by atoms with E-state index in [2.05, 4.69) is 18.8 Å². The lowest BCUT2D eigenvalue weighted by molar-refractivity contribution is 0.0671. The van der Waals surface area contributed by atoms with Crippen LogP contribution in [0.3, 0.4) is 0 Å². The van der Waals surface area contributed by atoms with Gasteiger partial charge >= 0.3 is 0 Å². The van der Waals surface area contributed by atoms with Gasteiger partial charge in [-0.25, -0.2) is 4.98 Å². The number of aromatic nitrogens is 1. The normalized spacial score (nSPS) is 25.5. The molecule has 106 valence electrons. The van der Waals surface area contributed by atoms with Gasteiger partial charge in [-0.3, -0.25) is 0 Å². The molecule has 1 heterocycles. The first-order chi connectivity index (χ1) is 8.99. The summed E-state index contributed by atoms with van der Waals surface area (Å²) in [6.07, 6.45) is 5.92. The molecule has 1 aliphatic rings. The number of hydrogen-bond acceptors (Lipinski definition) is 3. The van der Waals surface area contributed by atoms with Crippen molar-refractivity contribution in [1.82, 2.24) is 4.98 Å². The Labute approximate surface area is 116 Å². The standard InChI is InChI=1S/C16H26N2O/c1-10(2)12-4-6-13(7-5-12)15(19)14-8-11(3)9-18-16(14)17/h8-10,12-13,15,19H,4-7H2,1-3H3,(H2,17,18). The van der Waals surface area contributed by atoms with Crippen molar-refractivity contribution in [2.24, 2.45) is 17.8 Å². The molecule has 0 aromatic carbocycles. The second kappa shape index (κ2) is 5.91. The Balaban J connectivity index is 2.05. The highest BCUT2D eigenvalue weighted by Gasteiger charge is 2.29. The molecule has 1 unspecified atom stereocenters. The molecule has 19 heavy (non-hydrogen) atoms. The molecule has 0 bridgehead atoms. The zero-order valence-electron chi connectivity index (χ0n) is 12.3. The first kappa shape index (κ1) is 14.3. The van der Waals surface area contributed by atoms with E-state index in [4.69, 9.17) is 5.73 Å². The van der Waals surface area contributed by atoms with Crippen LogP contribution in [-0.2, 0) is 0 Å². The number of aliphatic hydroxyl groups excluding tert-OH is 1. The monoisotopic (exact) mass is 262 g/mol. The molecule has 3 nitrogen and oxygen atoms in total. The number of hydrogen-bond donors (Lipinski definition) is 2. The van der Waals surface area contributed by atoms with Gasteiger partial charge < -0.3 is 10.8 Å². The number of rotatable bonds is 3. The van der Waals surface area contributed by atoms with Crippen molar-refractivity contribution in [2.45, 2.75) is 52.6 Å². The van der Waals surface area contributed by atoms with Gasteiger partial charge in [0.15, 0.2) is 0 Å². The molecule has 0 saturated heterocycles. The predicted octanol–water partition coefficient (Wildman–Crippen LogP) is 3.47. The van der Waals surface area contributed by atoms with Crippen LogP contribution in [0, 0.1) is 24.7 Å². The summed E-state index contributed by atoms with van der Waals surface area (Å²) in [6.45, 7) is 6.58. The summed E-state index contributed by atoms with van der Waals surface area (Å²) in [5, 5.41) is 10.6. The molecule has 1 aromatic heterocycles. The maximum atomic E-state index is 10.6. The Hall–Kier alpha value is -1.09. The van der Waals surface area contributed by atoms with Gasteiger partial charge in [0, 0.05) is 11.8 Å². The van der Waals surface area contributed by atoms with Crippen molar-refractivity contribution >= 4 is 5.82 Å². The van der Waals surface area contributed by atoms with Crippen LogP contribution in [0.15, 0.2) is 12.3 Å². The highest BCUT2D eigenvalue weighted by atomic mass is 16.3. The molecular weight excluding hydrogens is 236 g/mol. The summed E-state index contributed by atoms with van der Waals surface area (Å²) < 4.78 is 0. The first-order valence-electron chi connectivity index (χ1n) is 7.39. The fraction of sp³-hybridized carbons (Fsp3) is 0.688. The Kier molecular flexibility index (Phi) is 4.46. The first-order valence-corrected chi connectivity index (χ1v) is 7.39. The molecule has 1 aliphatic carbocycles. The Morgan fingerprint density at radius 1 is 1.21 bits per heavy atom. The van der Waals surface area contributed by atoms with Crippen LogP contribution in [0.4, 0.5) is 5.82 Å². The van der Waals surface area contributed by atoms with Crippen LogP contribution in [-0.4, -0.2) is 10.1 Å². The van der Waals surface area contributed by atoms with E-state index in [1.165, 1.54) is 12.8 Å². The summed E-state index contributed by atoms with van der Waals surface area (Å²) in [7, 11) is 0. The molecule has 0 radical (unpaired) electrons. The zero-order chi connectivity index (χ0) is 14.0. The van der Waals surface area contributed by atoms with Gasteiger partial charge in [-0.2, -0.15) is 0 Å². The number of pyridine rings is 1. The molecule has 0 aliphatic heterocycles. The molecule has 1 fully saturated rings. The number of nitrogens with zero attached hydrogens (tertiary/aromatic N) is 1. The van der Waals surface area contributed by atoms with Gasteiger partial charge in [-0.05, 0) is 62.0 Å². The topological polar surface area (TPSA) is 59.1 Å². The van der Waals surface area contributed by atoms with Gasteiger partial charge in [-0.1, -0.05) is 13.8 Å². The van der Waals surface area contributed by atoms with E-state index in [0.717, 1.165) is 35.8 Å². The van der Waals surface area contributed by atoms with Crippen LogP contribution in [0.5, 0.6) is 0 Å². The van der Waals surface area contributed by atoms with Crippen LogP contribution in [0.25, 0.3) is 0 Å². The van der Waals surface area contributed by atoms with E-state index < -0.39 is 6.10 Å². The van der Waals surface area contributed by atoms with Crippen LogP contribution >= 0.6 is 0 Å². The fourth-order valence-electron chi connectivity index (χ4n) is 3.22. The molecule has 2 rings (SSSR count). The largest absolute Gasteiger partial charge is 0.388 e. The third-order valence-corrected chi connectivity index (χ3v) is 4.61. The number of nitrogens with two attached hydrogens (primary N) is 1. The fourth-order valence-corrected chi connectivity index (χ4v) is 3.22. The van der Waals surface area contributed by atoms with E-state index in [1.807, 2.05) is 13.0 Å². The van der Waals surface area contributed by atoms with Crippen molar-refractivity contribution < 1.29 is 5.11 Å². The maximum absolute atomic E-state index is 10.6. The van der Waals surface area contributed by atoms with Crippen molar-refractivity contribution in [3.63, 3.8) is 0 Å². The molecule has 1 atom stereocenters. The summed E-state index contributed by atoms with van der Waals surface area (Å²) in [5.74, 6) is 2.38. The van der Waals surface area contributed by atoms with Crippen molar-refractivity contribution in [2.75, 3.05) is 5.73 Å². The van der Waals surface area contributed by atoms with E-state index in [1.54, 1.807) is 6.20 Å². The van der Waals surface area contributed by atoms with E-state index in [9.17, 15) is 5.11 Å². The summed E-state index contributed by atoms with van der Waals surface area (Å²) in [5.41, 5.74) is 7.77. The molecule has 3 N–H and O–H groups in total. The zero-order valence-corrected chi connectivity index (χ0v) is 12.3. The maximum Gasteiger partial charge on any atom is 0.129 e.